The second-order valence-corrected chi connectivity index (χ2v) is 5.96. The largest absolute Gasteiger partial charge is 0.343 e. The van der Waals surface area contributed by atoms with Crippen LogP contribution >= 0.6 is 12.2 Å². The fourth-order valence-electron chi connectivity index (χ4n) is 1.83. The number of aromatic amines is 1. The molecule has 0 atom stereocenters. The molecule has 0 saturated carbocycles. The van der Waals surface area contributed by atoms with Gasteiger partial charge in [-0.25, -0.2) is 4.98 Å². The first-order valence-electron chi connectivity index (χ1n) is 6.06. The zero-order chi connectivity index (χ0) is 13.3. The number of hydrogen-bond donors (Lipinski definition) is 1. The Hall–Kier alpha value is -1.48. The Kier molecular flexibility index (Phi) is 3.35. The predicted molar refractivity (Wildman–Crippen MR) is 78.3 cm³/mol. The molecule has 0 radical (unpaired) electrons. The van der Waals surface area contributed by atoms with Crippen LogP contribution < -0.4 is 0 Å². The molecule has 0 bridgehead atoms. The van der Waals surface area contributed by atoms with Crippen molar-refractivity contribution >= 4 is 12.2 Å². The highest BCUT2D eigenvalue weighted by Gasteiger charge is 2.17. The Morgan fingerprint density at radius 1 is 1.17 bits per heavy atom. The number of nitrogens with one attached hydrogen (secondary N) is 1. The zero-order valence-electron chi connectivity index (χ0n) is 11.2. The molecule has 2 rings (SSSR count). The van der Waals surface area contributed by atoms with Crippen molar-refractivity contribution in [3.8, 4) is 11.3 Å². The van der Waals surface area contributed by atoms with Crippen molar-refractivity contribution in [3.05, 3.63) is 46.4 Å². The summed E-state index contributed by atoms with van der Waals surface area (Å²) in [4.78, 5) is 7.82. The number of H-pyrrole nitrogens is 1. The number of benzene rings is 1. The van der Waals surface area contributed by atoms with Crippen LogP contribution in [0, 0.1) is 11.6 Å². The van der Waals surface area contributed by atoms with E-state index in [0.29, 0.717) is 4.64 Å². The molecule has 0 amide bonds. The fourth-order valence-corrected chi connectivity index (χ4v) is 2.04. The smallest absolute Gasteiger partial charge is 0.130 e. The van der Waals surface area contributed by atoms with Crippen molar-refractivity contribution < 1.29 is 0 Å². The van der Waals surface area contributed by atoms with E-state index >= 15 is 0 Å². The van der Waals surface area contributed by atoms with Gasteiger partial charge in [0.25, 0.3) is 0 Å². The minimum atomic E-state index is -0.0355. The van der Waals surface area contributed by atoms with Crippen molar-refractivity contribution in [3.63, 3.8) is 0 Å². The number of aryl methyl sites for hydroxylation is 1. The lowest BCUT2D eigenvalue weighted by Gasteiger charge is -2.18. The Labute approximate surface area is 113 Å². The second-order valence-electron chi connectivity index (χ2n) is 5.55. The average molecular weight is 258 g/mol. The molecule has 3 heteroatoms. The molecule has 0 fully saturated rings. The lowest BCUT2D eigenvalue weighted by atomic mass is 9.95. The van der Waals surface area contributed by atoms with E-state index in [1.807, 2.05) is 18.2 Å². The molecule has 1 aromatic heterocycles. The highest BCUT2D eigenvalue weighted by Crippen LogP contribution is 2.24. The van der Waals surface area contributed by atoms with Crippen molar-refractivity contribution in [1.82, 2.24) is 9.97 Å². The maximum absolute atomic E-state index is 5.27. The summed E-state index contributed by atoms with van der Waals surface area (Å²) in [5.74, 6) is 0.924. The van der Waals surface area contributed by atoms with Gasteiger partial charge >= 0.3 is 0 Å². The topological polar surface area (TPSA) is 28.7 Å². The van der Waals surface area contributed by atoms with Crippen LogP contribution in [0.5, 0.6) is 0 Å². The lowest BCUT2D eigenvalue weighted by molar-refractivity contribution is 0.545. The molecule has 0 saturated heterocycles. The van der Waals surface area contributed by atoms with Gasteiger partial charge in [-0.1, -0.05) is 57.3 Å². The third-order valence-electron chi connectivity index (χ3n) is 2.89. The average Bonchev–Trinajstić information content (AvgIpc) is 2.27. The van der Waals surface area contributed by atoms with Crippen molar-refractivity contribution in [2.45, 2.75) is 33.1 Å². The van der Waals surface area contributed by atoms with E-state index in [-0.39, 0.29) is 5.41 Å². The normalized spacial score (nSPS) is 11.6. The molecule has 1 aromatic carbocycles. The van der Waals surface area contributed by atoms with Crippen molar-refractivity contribution in [1.29, 1.82) is 0 Å². The molecule has 1 N–H and O–H groups in total. The van der Waals surface area contributed by atoms with Crippen LogP contribution in [-0.2, 0) is 5.41 Å². The van der Waals surface area contributed by atoms with Gasteiger partial charge in [0.2, 0.25) is 0 Å². The Morgan fingerprint density at radius 3 is 2.44 bits per heavy atom. The van der Waals surface area contributed by atoms with E-state index in [1.165, 1.54) is 11.1 Å². The van der Waals surface area contributed by atoms with Crippen LogP contribution in [0.1, 0.15) is 32.2 Å². The van der Waals surface area contributed by atoms with Crippen LogP contribution in [0.15, 0.2) is 30.3 Å². The van der Waals surface area contributed by atoms with Crippen molar-refractivity contribution in [2.75, 3.05) is 0 Å². The van der Waals surface area contributed by atoms with Crippen LogP contribution in [0.4, 0.5) is 0 Å². The summed E-state index contributed by atoms with van der Waals surface area (Å²) in [6.45, 7) is 8.48. The first-order chi connectivity index (χ1) is 8.38. The highest BCUT2D eigenvalue weighted by atomic mass is 32.1. The Balaban J connectivity index is 2.63. The van der Waals surface area contributed by atoms with Gasteiger partial charge in [0, 0.05) is 16.7 Å². The van der Waals surface area contributed by atoms with Gasteiger partial charge in [0.1, 0.15) is 10.5 Å². The van der Waals surface area contributed by atoms with E-state index in [9.17, 15) is 0 Å². The summed E-state index contributed by atoms with van der Waals surface area (Å²) >= 11 is 5.27. The van der Waals surface area contributed by atoms with Gasteiger partial charge in [-0.15, -0.1) is 0 Å². The van der Waals surface area contributed by atoms with E-state index in [2.05, 4.69) is 49.8 Å². The molecule has 0 aliphatic heterocycles. The first-order valence-corrected chi connectivity index (χ1v) is 6.46. The van der Waals surface area contributed by atoms with Gasteiger partial charge in [-0.2, -0.15) is 0 Å². The number of aromatic nitrogens is 2. The van der Waals surface area contributed by atoms with E-state index < -0.39 is 0 Å². The summed E-state index contributed by atoms with van der Waals surface area (Å²) in [7, 11) is 0. The van der Waals surface area contributed by atoms with Crippen LogP contribution in [0.25, 0.3) is 11.3 Å². The summed E-state index contributed by atoms with van der Waals surface area (Å²) in [6.07, 6.45) is 0. The molecule has 0 aliphatic carbocycles. The maximum Gasteiger partial charge on any atom is 0.130 e. The summed E-state index contributed by atoms with van der Waals surface area (Å²) in [5.41, 5.74) is 3.41. The Bertz CT molecular complexity index is 621. The monoisotopic (exact) mass is 258 g/mol. The highest BCUT2D eigenvalue weighted by molar-refractivity contribution is 7.71. The third-order valence-corrected chi connectivity index (χ3v) is 3.10. The summed E-state index contributed by atoms with van der Waals surface area (Å²) in [5, 5.41) is 0. The van der Waals surface area contributed by atoms with Gasteiger partial charge in [0.15, 0.2) is 0 Å². The summed E-state index contributed by atoms with van der Waals surface area (Å²) in [6, 6.07) is 10.2. The van der Waals surface area contributed by atoms with Crippen LogP contribution in [-0.4, -0.2) is 9.97 Å². The molecule has 94 valence electrons. The SMILES string of the molecule is Cc1ccccc1-c1cc(=S)nc(C(C)(C)C)[nH]1. The molecule has 18 heavy (non-hydrogen) atoms. The number of hydrogen-bond acceptors (Lipinski definition) is 2. The predicted octanol–water partition coefficient (Wildman–Crippen LogP) is 4.41. The van der Waals surface area contributed by atoms with Crippen LogP contribution in [0.3, 0.4) is 0 Å². The Morgan fingerprint density at radius 2 is 1.83 bits per heavy atom. The minimum absolute atomic E-state index is 0.0355. The molecule has 1 heterocycles. The fraction of sp³-hybridized carbons (Fsp3) is 0.333. The van der Waals surface area contributed by atoms with Crippen LogP contribution in [0.2, 0.25) is 0 Å². The van der Waals surface area contributed by atoms with Crippen molar-refractivity contribution in [2.24, 2.45) is 0 Å². The van der Waals surface area contributed by atoms with E-state index in [4.69, 9.17) is 12.2 Å². The first kappa shape index (κ1) is 13.0. The zero-order valence-corrected chi connectivity index (χ0v) is 12.1. The standard InChI is InChI=1S/C15H18N2S/c1-10-7-5-6-8-11(10)12-9-13(18)17-14(16-12)15(2,3)4/h5-9H,1-4H3,(H,16,17,18). The molecular weight excluding hydrogens is 240 g/mol. The molecule has 0 spiro atoms. The van der Waals surface area contributed by atoms with Gasteiger partial charge in [-0.05, 0) is 18.6 Å². The molecule has 0 unspecified atom stereocenters. The maximum atomic E-state index is 5.27. The lowest BCUT2D eigenvalue weighted by Crippen LogP contribution is -2.16. The molecule has 2 nitrogen and oxygen atoms in total. The molecular formula is C15H18N2S. The molecule has 0 aliphatic rings. The van der Waals surface area contributed by atoms with Gasteiger partial charge in [0.05, 0.1) is 0 Å². The van der Waals surface area contributed by atoms with E-state index in [0.717, 1.165) is 11.5 Å². The third kappa shape index (κ3) is 2.67. The molecule has 2 aromatic rings. The number of rotatable bonds is 1. The number of nitrogens with zero attached hydrogens (tertiary/aromatic N) is 1. The van der Waals surface area contributed by atoms with E-state index in [1.54, 1.807) is 0 Å². The minimum Gasteiger partial charge on any atom is -0.343 e. The van der Waals surface area contributed by atoms with Gasteiger partial charge < -0.3 is 4.98 Å². The second kappa shape index (κ2) is 4.65. The quantitative estimate of drug-likeness (QED) is 0.767. The summed E-state index contributed by atoms with van der Waals surface area (Å²) < 4.78 is 0.636. The van der Waals surface area contributed by atoms with Gasteiger partial charge in [-0.3, -0.25) is 0 Å².